The average Bonchev–Trinajstić information content (AvgIpc) is 2.58. The van der Waals surface area contributed by atoms with E-state index in [0.29, 0.717) is 6.04 Å². The lowest BCUT2D eigenvalue weighted by Crippen LogP contribution is -2.37. The van der Waals surface area contributed by atoms with Gasteiger partial charge >= 0.3 is 0 Å². The molecule has 0 heterocycles. The summed E-state index contributed by atoms with van der Waals surface area (Å²) in [7, 11) is 0. The summed E-state index contributed by atoms with van der Waals surface area (Å²) in [4.78, 5) is 12.2. The zero-order chi connectivity index (χ0) is 15.2. The molecule has 1 amide bonds. The van der Waals surface area contributed by atoms with E-state index in [9.17, 15) is 4.79 Å². The van der Waals surface area contributed by atoms with Crippen LogP contribution in [0.5, 0.6) is 0 Å². The van der Waals surface area contributed by atoms with E-state index in [-0.39, 0.29) is 5.91 Å². The third-order valence-corrected chi connectivity index (χ3v) is 5.61. The van der Waals surface area contributed by atoms with Crippen molar-refractivity contribution >= 4 is 5.91 Å². The molecule has 1 aromatic carbocycles. The second-order valence-corrected chi connectivity index (χ2v) is 7.30. The van der Waals surface area contributed by atoms with Crippen molar-refractivity contribution in [2.45, 2.75) is 70.3 Å². The number of benzene rings is 1. The summed E-state index contributed by atoms with van der Waals surface area (Å²) in [5.41, 5.74) is 0.784. The minimum atomic E-state index is 0.0938. The second kappa shape index (κ2) is 7.80. The van der Waals surface area contributed by atoms with Crippen molar-refractivity contribution in [2.24, 2.45) is 11.8 Å². The normalized spacial score (nSPS) is 26.5. The number of carbonyl (C=O) groups is 1. The molecule has 0 aliphatic heterocycles. The molecule has 22 heavy (non-hydrogen) atoms. The fourth-order valence-corrected chi connectivity index (χ4v) is 4.29. The molecule has 0 unspecified atom stereocenters. The standard InChI is InChI=1S/C20H29NO/c22-20(18-9-5-2-6-10-18)21-19-13-11-17(12-14-19)15-16-7-3-1-4-8-16/h2,5-6,9-10,16-17,19H,1,3-4,7-8,11-15H2,(H,21,22). The summed E-state index contributed by atoms with van der Waals surface area (Å²) < 4.78 is 0. The largest absolute Gasteiger partial charge is 0.349 e. The van der Waals surface area contributed by atoms with Crippen LogP contribution in [0.3, 0.4) is 0 Å². The van der Waals surface area contributed by atoms with Crippen molar-refractivity contribution in [3.05, 3.63) is 35.9 Å². The van der Waals surface area contributed by atoms with Crippen LogP contribution in [0.15, 0.2) is 30.3 Å². The van der Waals surface area contributed by atoms with E-state index in [4.69, 9.17) is 0 Å². The highest BCUT2D eigenvalue weighted by Gasteiger charge is 2.25. The van der Waals surface area contributed by atoms with Gasteiger partial charge in [-0.1, -0.05) is 50.3 Å². The molecule has 2 fully saturated rings. The number of hydrogen-bond acceptors (Lipinski definition) is 1. The molecule has 2 aliphatic carbocycles. The van der Waals surface area contributed by atoms with E-state index in [0.717, 1.165) is 30.2 Å². The maximum atomic E-state index is 12.2. The molecule has 0 aromatic heterocycles. The van der Waals surface area contributed by atoms with E-state index in [1.807, 2.05) is 30.3 Å². The summed E-state index contributed by atoms with van der Waals surface area (Å²) in [6.07, 6.45) is 13.7. The Labute approximate surface area is 134 Å². The number of amides is 1. The molecule has 2 aliphatic rings. The Morgan fingerprint density at radius 3 is 2.18 bits per heavy atom. The highest BCUT2D eigenvalue weighted by molar-refractivity contribution is 5.94. The Bertz CT molecular complexity index is 456. The maximum absolute atomic E-state index is 12.2. The van der Waals surface area contributed by atoms with Crippen LogP contribution in [-0.4, -0.2) is 11.9 Å². The van der Waals surface area contributed by atoms with Crippen LogP contribution >= 0.6 is 0 Å². The van der Waals surface area contributed by atoms with E-state index in [1.54, 1.807) is 0 Å². The van der Waals surface area contributed by atoms with Gasteiger partial charge < -0.3 is 5.32 Å². The number of hydrogen-bond donors (Lipinski definition) is 1. The Balaban J connectivity index is 1.41. The third kappa shape index (κ3) is 4.34. The van der Waals surface area contributed by atoms with Gasteiger partial charge in [0.05, 0.1) is 0 Å². The topological polar surface area (TPSA) is 29.1 Å². The molecular weight excluding hydrogens is 270 g/mol. The Kier molecular flexibility index (Phi) is 5.53. The molecule has 0 saturated heterocycles. The van der Waals surface area contributed by atoms with Gasteiger partial charge in [-0.3, -0.25) is 4.79 Å². The van der Waals surface area contributed by atoms with Crippen LogP contribution < -0.4 is 5.32 Å². The quantitative estimate of drug-likeness (QED) is 0.837. The van der Waals surface area contributed by atoms with Crippen LogP contribution in [0.25, 0.3) is 0 Å². The summed E-state index contributed by atoms with van der Waals surface area (Å²) in [6, 6.07) is 9.98. The highest BCUT2D eigenvalue weighted by Crippen LogP contribution is 2.35. The molecule has 0 bridgehead atoms. The van der Waals surface area contributed by atoms with Crippen LogP contribution in [0.2, 0.25) is 0 Å². The van der Waals surface area contributed by atoms with Gasteiger partial charge in [0.15, 0.2) is 0 Å². The van der Waals surface area contributed by atoms with Crippen molar-refractivity contribution in [3.8, 4) is 0 Å². The molecule has 1 aromatic rings. The van der Waals surface area contributed by atoms with E-state index >= 15 is 0 Å². The molecule has 0 radical (unpaired) electrons. The summed E-state index contributed by atoms with van der Waals surface area (Å²) in [6.45, 7) is 0. The molecule has 1 N–H and O–H groups in total. The fraction of sp³-hybridized carbons (Fsp3) is 0.650. The molecule has 2 nitrogen and oxygen atoms in total. The highest BCUT2D eigenvalue weighted by atomic mass is 16.1. The monoisotopic (exact) mass is 299 g/mol. The van der Waals surface area contributed by atoms with E-state index < -0.39 is 0 Å². The first-order chi connectivity index (χ1) is 10.8. The lowest BCUT2D eigenvalue weighted by molar-refractivity contribution is 0.0918. The number of nitrogens with one attached hydrogen (secondary N) is 1. The summed E-state index contributed by atoms with van der Waals surface area (Å²) in [5.74, 6) is 2.00. The first-order valence-corrected chi connectivity index (χ1v) is 9.17. The van der Waals surface area contributed by atoms with Crippen molar-refractivity contribution in [2.75, 3.05) is 0 Å². The van der Waals surface area contributed by atoms with Gasteiger partial charge in [0.25, 0.3) is 5.91 Å². The first-order valence-electron chi connectivity index (χ1n) is 9.17. The molecule has 120 valence electrons. The third-order valence-electron chi connectivity index (χ3n) is 5.61. The number of rotatable bonds is 4. The van der Waals surface area contributed by atoms with Crippen molar-refractivity contribution in [1.82, 2.24) is 5.32 Å². The summed E-state index contributed by atoms with van der Waals surface area (Å²) in [5, 5.41) is 3.22. The zero-order valence-electron chi connectivity index (χ0n) is 13.6. The van der Waals surface area contributed by atoms with Gasteiger partial charge in [0.1, 0.15) is 0 Å². The first kappa shape index (κ1) is 15.6. The maximum Gasteiger partial charge on any atom is 0.251 e. The SMILES string of the molecule is O=C(NC1CCC(CC2CCCCC2)CC1)c1ccccc1. The van der Waals surface area contributed by atoms with Crippen LogP contribution in [0.1, 0.15) is 74.6 Å². The molecule has 2 saturated carbocycles. The van der Waals surface area contributed by atoms with Crippen LogP contribution in [0.4, 0.5) is 0 Å². The Morgan fingerprint density at radius 1 is 0.864 bits per heavy atom. The average molecular weight is 299 g/mol. The van der Waals surface area contributed by atoms with Crippen molar-refractivity contribution < 1.29 is 4.79 Å². The lowest BCUT2D eigenvalue weighted by atomic mass is 9.76. The predicted octanol–water partition coefficient (Wildman–Crippen LogP) is 4.95. The second-order valence-electron chi connectivity index (χ2n) is 7.30. The van der Waals surface area contributed by atoms with Gasteiger partial charge in [-0.2, -0.15) is 0 Å². The smallest absolute Gasteiger partial charge is 0.251 e. The minimum Gasteiger partial charge on any atom is -0.349 e. The minimum absolute atomic E-state index is 0.0938. The lowest BCUT2D eigenvalue weighted by Gasteiger charge is -2.32. The van der Waals surface area contributed by atoms with Gasteiger partial charge in [0, 0.05) is 11.6 Å². The van der Waals surface area contributed by atoms with E-state index in [2.05, 4.69) is 5.32 Å². The van der Waals surface area contributed by atoms with Gasteiger partial charge in [-0.05, 0) is 56.1 Å². The van der Waals surface area contributed by atoms with Gasteiger partial charge in [0.2, 0.25) is 0 Å². The van der Waals surface area contributed by atoms with E-state index in [1.165, 1.54) is 51.4 Å². The van der Waals surface area contributed by atoms with Crippen molar-refractivity contribution in [3.63, 3.8) is 0 Å². The van der Waals surface area contributed by atoms with Gasteiger partial charge in [-0.15, -0.1) is 0 Å². The molecule has 0 atom stereocenters. The van der Waals surface area contributed by atoms with Crippen molar-refractivity contribution in [1.29, 1.82) is 0 Å². The molecular formula is C20H29NO. The zero-order valence-corrected chi connectivity index (χ0v) is 13.6. The van der Waals surface area contributed by atoms with Crippen LogP contribution in [-0.2, 0) is 0 Å². The summed E-state index contributed by atoms with van der Waals surface area (Å²) >= 11 is 0. The molecule has 2 heteroatoms. The Hall–Kier alpha value is -1.31. The molecule has 0 spiro atoms. The fourth-order valence-electron chi connectivity index (χ4n) is 4.29. The molecule has 3 rings (SSSR count). The Morgan fingerprint density at radius 2 is 1.50 bits per heavy atom. The predicted molar refractivity (Wildman–Crippen MR) is 90.8 cm³/mol. The van der Waals surface area contributed by atoms with Crippen LogP contribution in [0, 0.1) is 11.8 Å². The number of carbonyl (C=O) groups excluding carboxylic acids is 1. The van der Waals surface area contributed by atoms with Gasteiger partial charge in [-0.25, -0.2) is 0 Å².